The van der Waals surface area contributed by atoms with Gasteiger partial charge < -0.3 is 15.1 Å². The van der Waals surface area contributed by atoms with E-state index in [4.69, 9.17) is 23.2 Å². The van der Waals surface area contributed by atoms with E-state index in [1.165, 1.54) is 12.4 Å². The van der Waals surface area contributed by atoms with Gasteiger partial charge >= 0.3 is 6.03 Å². The topological polar surface area (TPSA) is 108 Å². The normalized spacial score (nSPS) is 23.2. The second-order valence-corrected chi connectivity index (χ2v) is 8.68. The number of carbonyl (C=O) groups excluding carboxylic acids is 3. The first-order valence-corrected chi connectivity index (χ1v) is 11.0. The summed E-state index contributed by atoms with van der Waals surface area (Å²) in [5.41, 5.74) is -0.508. The van der Waals surface area contributed by atoms with Gasteiger partial charge in [-0.05, 0) is 37.6 Å². The van der Waals surface area contributed by atoms with Crippen LogP contribution in [0.25, 0.3) is 0 Å². The molecule has 3 heterocycles. The Hall–Kier alpha value is -2.91. The summed E-state index contributed by atoms with van der Waals surface area (Å²) in [4.78, 5) is 49.6. The number of piperazine rings is 1. The highest BCUT2D eigenvalue weighted by molar-refractivity contribution is 6.42. The fourth-order valence-corrected chi connectivity index (χ4v) is 4.43. The SMILES string of the molecule is C[C@H]1CN(C(=O)CCC2(c3ncccn3)NC(=O)NC2=O)CCN1c1ccc(Cl)c(Cl)c1. The minimum atomic E-state index is -1.46. The van der Waals surface area contributed by atoms with Gasteiger partial charge in [-0.25, -0.2) is 14.8 Å². The van der Waals surface area contributed by atoms with Crippen LogP contribution in [0.4, 0.5) is 10.5 Å². The van der Waals surface area contributed by atoms with Crippen LogP contribution in [0.5, 0.6) is 0 Å². The van der Waals surface area contributed by atoms with E-state index in [-0.39, 0.29) is 30.6 Å². The van der Waals surface area contributed by atoms with E-state index < -0.39 is 17.5 Å². The number of imide groups is 1. The number of benzene rings is 1. The summed E-state index contributed by atoms with van der Waals surface area (Å²) in [6, 6.07) is 6.54. The molecular weight excluding hydrogens is 455 g/mol. The molecule has 0 spiro atoms. The summed E-state index contributed by atoms with van der Waals surface area (Å²) in [6.45, 7) is 3.71. The summed E-state index contributed by atoms with van der Waals surface area (Å²) in [7, 11) is 0. The molecule has 9 nitrogen and oxygen atoms in total. The van der Waals surface area contributed by atoms with Crippen molar-refractivity contribution in [1.82, 2.24) is 25.5 Å². The predicted molar refractivity (Wildman–Crippen MR) is 119 cm³/mol. The number of aromatic nitrogens is 2. The molecule has 32 heavy (non-hydrogen) atoms. The van der Waals surface area contributed by atoms with Gasteiger partial charge in [0.2, 0.25) is 5.91 Å². The molecule has 0 aliphatic carbocycles. The molecule has 1 aromatic heterocycles. The minimum Gasteiger partial charge on any atom is -0.365 e. The fraction of sp³-hybridized carbons (Fsp3) is 0.381. The third-order valence-corrected chi connectivity index (χ3v) is 6.56. The zero-order valence-electron chi connectivity index (χ0n) is 17.3. The summed E-state index contributed by atoms with van der Waals surface area (Å²) in [5.74, 6) is -0.497. The van der Waals surface area contributed by atoms with Gasteiger partial charge in [-0.1, -0.05) is 23.2 Å². The van der Waals surface area contributed by atoms with Crippen LogP contribution in [-0.2, 0) is 15.1 Å². The first-order chi connectivity index (χ1) is 15.3. The Morgan fingerprint density at radius 1 is 1.19 bits per heavy atom. The lowest BCUT2D eigenvalue weighted by Crippen LogP contribution is -2.54. The average molecular weight is 477 g/mol. The Labute approximate surface area is 195 Å². The first kappa shape index (κ1) is 22.3. The predicted octanol–water partition coefficient (Wildman–Crippen LogP) is 2.34. The lowest BCUT2D eigenvalue weighted by molar-refractivity contribution is -0.133. The van der Waals surface area contributed by atoms with Crippen LogP contribution in [0, 0.1) is 0 Å². The molecule has 1 unspecified atom stereocenters. The van der Waals surface area contributed by atoms with Gasteiger partial charge in [0.05, 0.1) is 10.0 Å². The van der Waals surface area contributed by atoms with Crippen LogP contribution in [0.3, 0.4) is 0 Å². The van der Waals surface area contributed by atoms with Crippen molar-refractivity contribution in [1.29, 1.82) is 0 Å². The van der Waals surface area contributed by atoms with E-state index in [2.05, 4.69) is 25.5 Å². The van der Waals surface area contributed by atoms with E-state index in [0.717, 1.165) is 5.69 Å². The molecule has 2 aromatic rings. The highest BCUT2D eigenvalue weighted by Gasteiger charge is 2.50. The van der Waals surface area contributed by atoms with Crippen molar-refractivity contribution in [3.05, 3.63) is 52.5 Å². The molecule has 0 bridgehead atoms. The fourth-order valence-electron chi connectivity index (χ4n) is 4.14. The molecule has 2 fully saturated rings. The van der Waals surface area contributed by atoms with Crippen LogP contribution in [-0.4, -0.2) is 58.4 Å². The second kappa shape index (κ2) is 8.91. The van der Waals surface area contributed by atoms with Crippen molar-refractivity contribution < 1.29 is 14.4 Å². The van der Waals surface area contributed by atoms with Crippen molar-refractivity contribution in [2.24, 2.45) is 0 Å². The Morgan fingerprint density at radius 3 is 2.56 bits per heavy atom. The van der Waals surface area contributed by atoms with Gasteiger partial charge in [-0.15, -0.1) is 0 Å². The van der Waals surface area contributed by atoms with Gasteiger partial charge in [0, 0.05) is 50.2 Å². The van der Waals surface area contributed by atoms with Crippen LogP contribution >= 0.6 is 23.2 Å². The van der Waals surface area contributed by atoms with Crippen molar-refractivity contribution in [2.75, 3.05) is 24.5 Å². The van der Waals surface area contributed by atoms with Gasteiger partial charge in [0.1, 0.15) is 0 Å². The second-order valence-electron chi connectivity index (χ2n) is 7.87. The number of carbonyl (C=O) groups is 3. The van der Waals surface area contributed by atoms with E-state index in [1.54, 1.807) is 17.0 Å². The number of amides is 4. The van der Waals surface area contributed by atoms with Crippen LogP contribution < -0.4 is 15.5 Å². The largest absolute Gasteiger partial charge is 0.365 e. The molecule has 0 radical (unpaired) electrons. The maximum absolute atomic E-state index is 13.0. The van der Waals surface area contributed by atoms with Crippen molar-refractivity contribution in [3.8, 4) is 0 Å². The van der Waals surface area contributed by atoms with Gasteiger partial charge in [-0.2, -0.15) is 0 Å². The standard InChI is InChI=1S/C21H22Cl2N6O3/c1-13-12-28(9-10-29(13)14-3-4-15(22)16(23)11-14)17(30)5-6-21(18-24-7-2-8-25-18)19(31)26-20(32)27-21/h2-4,7-8,11,13H,5-6,9-10,12H2,1H3,(H2,26,27,31,32)/t13-,21?/m0/s1. The number of halogens is 2. The maximum Gasteiger partial charge on any atom is 0.322 e. The summed E-state index contributed by atoms with van der Waals surface area (Å²) < 4.78 is 0. The number of urea groups is 1. The molecule has 2 aliphatic heterocycles. The van der Waals surface area contributed by atoms with E-state index in [1.807, 2.05) is 19.1 Å². The lowest BCUT2D eigenvalue weighted by atomic mass is 9.91. The number of nitrogens with one attached hydrogen (secondary N) is 2. The number of anilines is 1. The summed E-state index contributed by atoms with van der Waals surface area (Å²) in [5, 5.41) is 5.82. The monoisotopic (exact) mass is 476 g/mol. The molecule has 11 heteroatoms. The molecule has 2 atom stereocenters. The van der Waals surface area contributed by atoms with Gasteiger partial charge in [0.25, 0.3) is 5.91 Å². The Balaban J connectivity index is 1.42. The Bertz CT molecular complexity index is 1050. The van der Waals surface area contributed by atoms with Gasteiger partial charge in [0.15, 0.2) is 11.4 Å². The quantitative estimate of drug-likeness (QED) is 0.641. The third kappa shape index (κ3) is 4.22. The molecule has 2 saturated heterocycles. The lowest BCUT2D eigenvalue weighted by Gasteiger charge is -2.41. The molecule has 168 valence electrons. The van der Waals surface area contributed by atoms with Crippen molar-refractivity contribution >= 4 is 46.7 Å². The van der Waals surface area contributed by atoms with Crippen molar-refractivity contribution in [3.63, 3.8) is 0 Å². The molecule has 4 rings (SSSR count). The summed E-state index contributed by atoms with van der Waals surface area (Å²) >= 11 is 12.2. The maximum atomic E-state index is 13.0. The third-order valence-electron chi connectivity index (χ3n) is 5.82. The van der Waals surface area contributed by atoms with Crippen LogP contribution in [0.1, 0.15) is 25.6 Å². The number of hydrogen-bond acceptors (Lipinski definition) is 6. The average Bonchev–Trinajstić information content (AvgIpc) is 3.08. The van der Waals surface area contributed by atoms with Crippen LogP contribution in [0.15, 0.2) is 36.7 Å². The smallest absolute Gasteiger partial charge is 0.322 e. The number of nitrogens with zero attached hydrogens (tertiary/aromatic N) is 4. The number of hydrogen-bond donors (Lipinski definition) is 2. The molecular formula is C21H22Cl2N6O3. The van der Waals surface area contributed by atoms with E-state index in [0.29, 0.717) is 29.7 Å². The number of rotatable bonds is 5. The highest BCUT2D eigenvalue weighted by Crippen LogP contribution is 2.30. The Morgan fingerprint density at radius 2 is 1.94 bits per heavy atom. The summed E-state index contributed by atoms with van der Waals surface area (Å²) in [6.07, 6.45) is 3.11. The van der Waals surface area contributed by atoms with E-state index in [9.17, 15) is 14.4 Å². The zero-order chi connectivity index (χ0) is 22.9. The molecule has 0 saturated carbocycles. The molecule has 1 aromatic carbocycles. The molecule has 2 N–H and O–H groups in total. The van der Waals surface area contributed by atoms with Crippen LogP contribution in [0.2, 0.25) is 10.0 Å². The van der Waals surface area contributed by atoms with Gasteiger partial charge in [-0.3, -0.25) is 14.9 Å². The molecule has 2 aliphatic rings. The van der Waals surface area contributed by atoms with E-state index >= 15 is 0 Å². The molecule has 4 amide bonds. The Kier molecular flexibility index (Phi) is 6.21. The highest BCUT2D eigenvalue weighted by atomic mass is 35.5. The minimum absolute atomic E-state index is 0.0610. The first-order valence-electron chi connectivity index (χ1n) is 10.2. The van der Waals surface area contributed by atoms with Crippen molar-refractivity contribution in [2.45, 2.75) is 31.3 Å². The zero-order valence-corrected chi connectivity index (χ0v) is 18.9.